The second kappa shape index (κ2) is 11.2. The number of nitrogens with one attached hydrogen (secondary N) is 1. The van der Waals surface area contributed by atoms with Crippen molar-refractivity contribution in [1.82, 2.24) is 34.5 Å². The van der Waals surface area contributed by atoms with E-state index in [1.165, 1.54) is 6.92 Å². The molecule has 3 aromatic heterocycles. The molecule has 44 heavy (non-hydrogen) atoms. The summed E-state index contributed by atoms with van der Waals surface area (Å²) in [5.41, 5.74) is 4.34. The van der Waals surface area contributed by atoms with Gasteiger partial charge in [-0.25, -0.2) is 15.0 Å². The van der Waals surface area contributed by atoms with Crippen LogP contribution in [0, 0.1) is 19.3 Å². The van der Waals surface area contributed by atoms with E-state index in [1.54, 1.807) is 22.0 Å². The van der Waals surface area contributed by atoms with Gasteiger partial charge >= 0.3 is 0 Å². The highest BCUT2D eigenvalue weighted by molar-refractivity contribution is 9.10. The number of hydrogen-bond acceptors (Lipinski definition) is 8. The van der Waals surface area contributed by atoms with Crippen molar-refractivity contribution in [3.63, 3.8) is 0 Å². The van der Waals surface area contributed by atoms with Crippen LogP contribution in [0.4, 0.5) is 5.82 Å². The lowest BCUT2D eigenvalue weighted by molar-refractivity contribution is -0.138. The number of halogens is 1. The normalized spacial score (nSPS) is 20.7. The molecule has 2 aliphatic rings. The van der Waals surface area contributed by atoms with Crippen LogP contribution in [-0.4, -0.2) is 78.3 Å². The summed E-state index contributed by atoms with van der Waals surface area (Å²) in [4.78, 5) is 57.3. The van der Waals surface area contributed by atoms with Crippen molar-refractivity contribution >= 4 is 50.2 Å². The van der Waals surface area contributed by atoms with Crippen LogP contribution in [-0.2, 0) is 22.7 Å². The number of carbonyl (C=O) groups is 3. The number of piperidine rings is 1. The number of ketones is 1. The maximum absolute atomic E-state index is 14.0. The molecule has 2 fully saturated rings. The van der Waals surface area contributed by atoms with Crippen LogP contribution in [0.25, 0.3) is 22.0 Å². The lowest BCUT2D eigenvalue weighted by atomic mass is 10.0. The molecule has 1 N–H and O–H groups in total. The van der Waals surface area contributed by atoms with E-state index in [0.29, 0.717) is 45.8 Å². The summed E-state index contributed by atoms with van der Waals surface area (Å²) in [5.74, 6) is 0.493. The minimum atomic E-state index is -0.637. The van der Waals surface area contributed by atoms with Gasteiger partial charge in [-0.1, -0.05) is 13.0 Å². The zero-order valence-corrected chi connectivity index (χ0v) is 27.3. The fourth-order valence-corrected chi connectivity index (χ4v) is 6.73. The number of likely N-dealkylation sites (tertiary alicyclic amines) is 1. The molecule has 11 nitrogen and oxygen atoms in total. The number of benzene rings is 1. The highest BCUT2D eigenvalue weighted by Crippen LogP contribution is 2.59. The number of amides is 2. The van der Waals surface area contributed by atoms with E-state index in [9.17, 15) is 14.4 Å². The van der Waals surface area contributed by atoms with Gasteiger partial charge in [-0.3, -0.25) is 19.1 Å². The first kappa shape index (κ1) is 30.0. The standard InChI is InChI=1S/C32H35BrN8O3/c1-17-9-21(22-13-34-19(3)35-14-22)10-23-28(18(2)42)38-40(29(17)23)16-27(43)41-24(11-32(4)12-25(32)41)31(44)37-30-20(15-39(5)6)7-8-26(33)36-30/h7-10,13-14,24-25H,11-12,15-16H2,1-6H3,(H,36,37,44)/t24-,25+,32-/m0/s1. The number of pyridine rings is 1. The SMILES string of the molecule is CC(=O)c1nn(CC(=O)N2[C@H](C(=O)Nc3nc(Br)ccc3CN(C)C)C[C@@]3(C)C[C@@H]23)c2c(C)cc(-c3cnc(C)nc3)cc12. The van der Waals surface area contributed by atoms with Gasteiger partial charge in [0, 0.05) is 48.4 Å². The zero-order chi connectivity index (χ0) is 31.5. The molecule has 0 unspecified atom stereocenters. The largest absolute Gasteiger partial charge is 0.325 e. The predicted octanol–water partition coefficient (Wildman–Crippen LogP) is 4.55. The average molecular weight is 660 g/mol. The van der Waals surface area contributed by atoms with Crippen molar-refractivity contribution < 1.29 is 14.4 Å². The molecule has 1 aliphatic carbocycles. The molecule has 1 saturated carbocycles. The first-order valence-corrected chi connectivity index (χ1v) is 15.4. The molecule has 12 heteroatoms. The van der Waals surface area contributed by atoms with E-state index >= 15 is 0 Å². The highest BCUT2D eigenvalue weighted by Gasteiger charge is 2.64. The third-order valence-electron chi connectivity index (χ3n) is 8.67. The van der Waals surface area contributed by atoms with Crippen LogP contribution >= 0.6 is 15.9 Å². The van der Waals surface area contributed by atoms with Gasteiger partial charge in [0.05, 0.1) is 5.52 Å². The fraction of sp³-hybridized carbons (Fsp3) is 0.406. The van der Waals surface area contributed by atoms with E-state index in [1.807, 2.05) is 57.1 Å². The third kappa shape index (κ3) is 5.52. The summed E-state index contributed by atoms with van der Waals surface area (Å²) >= 11 is 3.41. The minimum absolute atomic E-state index is 0.0224. The molecule has 0 spiro atoms. The van der Waals surface area contributed by atoms with Crippen molar-refractivity contribution in [1.29, 1.82) is 0 Å². The number of Topliss-reactive ketones (excluding diaryl/α,β-unsaturated/α-hetero) is 1. The van der Waals surface area contributed by atoms with Crippen molar-refractivity contribution in [2.75, 3.05) is 19.4 Å². The number of aryl methyl sites for hydroxylation is 2. The van der Waals surface area contributed by atoms with Gasteiger partial charge in [0.2, 0.25) is 11.8 Å². The number of fused-ring (bicyclic) bond motifs is 2. The molecule has 228 valence electrons. The summed E-state index contributed by atoms with van der Waals surface area (Å²) in [6.45, 7) is 7.88. The summed E-state index contributed by atoms with van der Waals surface area (Å²) < 4.78 is 2.22. The quantitative estimate of drug-likeness (QED) is 0.216. The Morgan fingerprint density at radius 2 is 1.82 bits per heavy atom. The topological polar surface area (TPSA) is 126 Å². The van der Waals surface area contributed by atoms with Crippen LogP contribution in [0.5, 0.6) is 0 Å². The van der Waals surface area contributed by atoms with Crippen LogP contribution in [0.2, 0.25) is 0 Å². The number of rotatable bonds is 8. The molecule has 6 rings (SSSR count). The minimum Gasteiger partial charge on any atom is -0.325 e. The molecule has 4 aromatic rings. The Labute approximate surface area is 264 Å². The smallest absolute Gasteiger partial charge is 0.248 e. The predicted molar refractivity (Wildman–Crippen MR) is 170 cm³/mol. The maximum atomic E-state index is 14.0. The Morgan fingerprint density at radius 3 is 2.50 bits per heavy atom. The second-order valence-electron chi connectivity index (χ2n) is 12.5. The van der Waals surface area contributed by atoms with E-state index in [0.717, 1.165) is 28.7 Å². The molecular weight excluding hydrogens is 624 g/mol. The lowest BCUT2D eigenvalue weighted by Crippen LogP contribution is -2.47. The first-order chi connectivity index (χ1) is 20.8. The van der Waals surface area contributed by atoms with Crippen molar-refractivity contribution in [3.8, 4) is 11.1 Å². The number of aromatic nitrogens is 5. The highest BCUT2D eigenvalue weighted by atomic mass is 79.9. The van der Waals surface area contributed by atoms with Gasteiger partial charge in [-0.2, -0.15) is 5.10 Å². The molecule has 1 aliphatic heterocycles. The van der Waals surface area contributed by atoms with Crippen molar-refractivity contribution in [3.05, 3.63) is 63.9 Å². The van der Waals surface area contributed by atoms with Crippen LogP contribution < -0.4 is 5.32 Å². The van der Waals surface area contributed by atoms with Crippen molar-refractivity contribution in [2.24, 2.45) is 5.41 Å². The second-order valence-corrected chi connectivity index (χ2v) is 13.3. The van der Waals surface area contributed by atoms with E-state index < -0.39 is 6.04 Å². The van der Waals surface area contributed by atoms with Gasteiger partial charge in [0.15, 0.2) is 5.78 Å². The van der Waals surface area contributed by atoms with Crippen LogP contribution in [0.15, 0.2) is 41.3 Å². The summed E-state index contributed by atoms with van der Waals surface area (Å²) in [5, 5.41) is 8.30. The Balaban J connectivity index is 1.30. The molecule has 0 bridgehead atoms. The number of carbonyl (C=O) groups excluding carboxylic acids is 3. The summed E-state index contributed by atoms with van der Waals surface area (Å²) in [7, 11) is 3.91. The maximum Gasteiger partial charge on any atom is 0.248 e. The third-order valence-corrected chi connectivity index (χ3v) is 9.11. The van der Waals surface area contributed by atoms with Gasteiger partial charge in [0.1, 0.15) is 34.5 Å². The Kier molecular flexibility index (Phi) is 7.61. The van der Waals surface area contributed by atoms with E-state index in [-0.39, 0.29) is 35.6 Å². The van der Waals surface area contributed by atoms with Gasteiger partial charge in [-0.15, -0.1) is 0 Å². The van der Waals surface area contributed by atoms with Gasteiger partial charge < -0.3 is 15.1 Å². The lowest BCUT2D eigenvalue weighted by Gasteiger charge is -2.27. The Morgan fingerprint density at radius 1 is 1.09 bits per heavy atom. The average Bonchev–Trinajstić information content (AvgIpc) is 3.31. The van der Waals surface area contributed by atoms with E-state index in [4.69, 9.17) is 0 Å². The molecule has 1 saturated heterocycles. The first-order valence-electron chi connectivity index (χ1n) is 14.6. The van der Waals surface area contributed by atoms with Crippen LogP contribution in [0.1, 0.15) is 54.1 Å². The molecule has 4 heterocycles. The molecule has 1 aromatic carbocycles. The number of anilines is 1. The summed E-state index contributed by atoms with van der Waals surface area (Å²) in [6.07, 6.45) is 4.93. The number of hydrogen-bond donors (Lipinski definition) is 1. The van der Waals surface area contributed by atoms with E-state index in [2.05, 4.69) is 48.2 Å². The fourth-order valence-electron chi connectivity index (χ4n) is 6.42. The van der Waals surface area contributed by atoms with Gasteiger partial charge in [-0.05, 0) is 91.5 Å². The number of nitrogens with zero attached hydrogens (tertiary/aromatic N) is 7. The molecule has 3 atom stereocenters. The van der Waals surface area contributed by atoms with Gasteiger partial charge in [0.25, 0.3) is 0 Å². The van der Waals surface area contributed by atoms with Crippen LogP contribution in [0.3, 0.4) is 0 Å². The molecule has 0 radical (unpaired) electrons. The molecular formula is C32H35BrN8O3. The Bertz CT molecular complexity index is 1820. The Hall–Kier alpha value is -4.03. The zero-order valence-electron chi connectivity index (χ0n) is 25.7. The monoisotopic (exact) mass is 658 g/mol. The van der Waals surface area contributed by atoms with Crippen molar-refractivity contribution in [2.45, 2.75) is 65.7 Å². The summed E-state index contributed by atoms with van der Waals surface area (Å²) in [6, 6.07) is 7.01. The molecule has 2 amide bonds.